The summed E-state index contributed by atoms with van der Waals surface area (Å²) >= 11 is 13.5. The number of rotatable bonds is 7. The molecule has 34 heavy (non-hydrogen) atoms. The van der Waals surface area contributed by atoms with Gasteiger partial charge in [0.15, 0.2) is 6.29 Å². The van der Waals surface area contributed by atoms with Crippen molar-refractivity contribution in [3.8, 4) is 5.69 Å². The van der Waals surface area contributed by atoms with Crippen LogP contribution in [0.25, 0.3) is 5.69 Å². The molecule has 0 aliphatic heterocycles. The number of carbonyl (C=O) groups excluding carboxylic acids is 1. The molecule has 174 valence electrons. The number of nitrogens with zero attached hydrogens (tertiary/aromatic N) is 1. The van der Waals surface area contributed by atoms with Crippen LogP contribution in [-0.4, -0.2) is 19.2 Å². The largest absolute Gasteiger partial charge is 0.403 e. The van der Waals surface area contributed by atoms with Crippen LogP contribution in [0.5, 0.6) is 0 Å². The molecule has 0 bridgehead atoms. The molecule has 4 aromatic rings. The van der Waals surface area contributed by atoms with E-state index in [0.29, 0.717) is 27.0 Å². The molecule has 0 spiro atoms. The summed E-state index contributed by atoms with van der Waals surface area (Å²) in [5, 5.41) is 3.21. The number of halogens is 2. The van der Waals surface area contributed by atoms with Crippen LogP contribution < -0.4 is 10.4 Å². The van der Waals surface area contributed by atoms with E-state index >= 15 is 0 Å². The topological polar surface area (TPSA) is 31.2 Å². The molecule has 6 heteroatoms. The van der Waals surface area contributed by atoms with E-state index in [0.717, 1.165) is 6.29 Å². The Morgan fingerprint density at radius 1 is 0.853 bits per heavy atom. The molecule has 1 heterocycles. The summed E-state index contributed by atoms with van der Waals surface area (Å²) in [5.41, 5.74) is 1.92. The van der Waals surface area contributed by atoms with Gasteiger partial charge in [-0.2, -0.15) is 0 Å². The van der Waals surface area contributed by atoms with Crippen LogP contribution in [0.1, 0.15) is 36.8 Å². The van der Waals surface area contributed by atoms with E-state index in [2.05, 4.69) is 69.3 Å². The molecular formula is C28H27Cl2NO2Si. The first-order valence-electron chi connectivity index (χ1n) is 11.1. The van der Waals surface area contributed by atoms with Crippen molar-refractivity contribution in [1.29, 1.82) is 0 Å². The minimum absolute atomic E-state index is 0.169. The summed E-state index contributed by atoms with van der Waals surface area (Å²) in [6.07, 6.45) is 2.62. The van der Waals surface area contributed by atoms with E-state index in [1.165, 1.54) is 10.4 Å². The van der Waals surface area contributed by atoms with Crippen molar-refractivity contribution in [1.82, 2.24) is 4.57 Å². The fourth-order valence-electron chi connectivity index (χ4n) is 4.56. The highest BCUT2D eigenvalue weighted by Gasteiger charge is 2.50. The molecule has 0 amide bonds. The summed E-state index contributed by atoms with van der Waals surface area (Å²) in [5.74, 6) is 0. The van der Waals surface area contributed by atoms with Crippen molar-refractivity contribution >= 4 is 48.2 Å². The number of aldehydes is 1. The van der Waals surface area contributed by atoms with Crippen molar-refractivity contribution in [3.05, 3.63) is 112 Å². The molecule has 0 N–H and O–H groups in total. The Labute approximate surface area is 212 Å². The van der Waals surface area contributed by atoms with Gasteiger partial charge in [0.1, 0.15) is 0 Å². The van der Waals surface area contributed by atoms with Gasteiger partial charge in [0.2, 0.25) is 0 Å². The monoisotopic (exact) mass is 507 g/mol. The summed E-state index contributed by atoms with van der Waals surface area (Å²) in [6, 6.07) is 28.1. The van der Waals surface area contributed by atoms with E-state index in [1.807, 2.05) is 30.5 Å². The molecule has 0 saturated carbocycles. The van der Waals surface area contributed by atoms with Crippen LogP contribution >= 0.6 is 23.2 Å². The zero-order chi connectivity index (χ0) is 24.3. The van der Waals surface area contributed by atoms with Crippen LogP contribution in [-0.2, 0) is 11.0 Å². The lowest BCUT2D eigenvalue weighted by atomic mass is 10.2. The third-order valence-electron chi connectivity index (χ3n) is 6.18. The molecule has 0 radical (unpaired) electrons. The average Bonchev–Trinajstić information content (AvgIpc) is 3.30. The van der Waals surface area contributed by atoms with Crippen molar-refractivity contribution in [2.75, 3.05) is 0 Å². The minimum atomic E-state index is -2.76. The lowest BCUT2D eigenvalue weighted by Crippen LogP contribution is -2.66. The number of benzene rings is 3. The maximum Gasteiger partial charge on any atom is 0.261 e. The van der Waals surface area contributed by atoms with E-state index in [-0.39, 0.29) is 11.6 Å². The second-order valence-corrected chi connectivity index (χ2v) is 14.3. The molecule has 0 aliphatic rings. The fourth-order valence-corrected chi connectivity index (χ4v) is 9.64. The zero-order valence-electron chi connectivity index (χ0n) is 19.5. The molecule has 0 atom stereocenters. The normalized spacial score (nSPS) is 12.0. The van der Waals surface area contributed by atoms with Gasteiger partial charge >= 0.3 is 0 Å². The molecule has 0 unspecified atom stereocenters. The van der Waals surface area contributed by atoms with Crippen molar-refractivity contribution < 1.29 is 9.22 Å². The second kappa shape index (κ2) is 9.93. The van der Waals surface area contributed by atoms with Gasteiger partial charge in [-0.15, -0.1) is 0 Å². The Hall–Kier alpha value is -2.63. The molecule has 0 aliphatic carbocycles. The minimum Gasteiger partial charge on any atom is -0.403 e. The Bertz CT molecular complexity index is 1240. The third-order valence-corrected chi connectivity index (χ3v) is 11.9. The van der Waals surface area contributed by atoms with Crippen LogP contribution in [0.15, 0.2) is 91.1 Å². The van der Waals surface area contributed by atoms with Gasteiger partial charge in [-0.1, -0.05) is 105 Å². The molecule has 1 aromatic heterocycles. The predicted octanol–water partition coefficient (Wildman–Crippen LogP) is 6.67. The summed E-state index contributed by atoms with van der Waals surface area (Å²) < 4.78 is 8.80. The van der Waals surface area contributed by atoms with Crippen LogP contribution in [0, 0.1) is 0 Å². The number of aromatic nitrogens is 1. The molecule has 4 rings (SSSR count). The Balaban J connectivity index is 1.84. The van der Waals surface area contributed by atoms with E-state index < -0.39 is 8.32 Å². The Morgan fingerprint density at radius 3 is 1.97 bits per heavy atom. The van der Waals surface area contributed by atoms with Gasteiger partial charge in [0.25, 0.3) is 8.32 Å². The van der Waals surface area contributed by atoms with Crippen LogP contribution in [0.3, 0.4) is 0 Å². The van der Waals surface area contributed by atoms with Gasteiger partial charge in [-0.25, -0.2) is 0 Å². The summed E-state index contributed by atoms with van der Waals surface area (Å²) in [7, 11) is -2.76. The maximum absolute atomic E-state index is 11.5. The SMILES string of the molecule is CC(C)(C)[Si](OCc1c(Cl)ccc(-n2cccc2C=O)c1Cl)(c1ccccc1)c1ccccc1. The molecule has 0 fully saturated rings. The predicted molar refractivity (Wildman–Crippen MR) is 144 cm³/mol. The maximum atomic E-state index is 11.5. The van der Waals surface area contributed by atoms with Crippen molar-refractivity contribution in [3.63, 3.8) is 0 Å². The van der Waals surface area contributed by atoms with Crippen molar-refractivity contribution in [2.45, 2.75) is 32.4 Å². The number of hydrogen-bond acceptors (Lipinski definition) is 2. The highest BCUT2D eigenvalue weighted by molar-refractivity contribution is 6.99. The van der Waals surface area contributed by atoms with Gasteiger partial charge in [0.05, 0.1) is 23.0 Å². The summed E-state index contributed by atoms with van der Waals surface area (Å²) in [4.78, 5) is 11.5. The lowest BCUT2D eigenvalue weighted by molar-refractivity contribution is 0.111. The Morgan fingerprint density at radius 2 is 1.44 bits per heavy atom. The van der Waals surface area contributed by atoms with Gasteiger partial charge < -0.3 is 8.99 Å². The van der Waals surface area contributed by atoms with E-state index in [9.17, 15) is 4.79 Å². The quantitative estimate of drug-likeness (QED) is 0.206. The fraction of sp³-hybridized carbons (Fsp3) is 0.179. The highest BCUT2D eigenvalue weighted by atomic mass is 35.5. The zero-order valence-corrected chi connectivity index (χ0v) is 22.0. The Kier molecular flexibility index (Phi) is 7.15. The number of hydrogen-bond donors (Lipinski definition) is 0. The molecule has 3 aromatic carbocycles. The van der Waals surface area contributed by atoms with Gasteiger partial charge in [-0.05, 0) is 39.7 Å². The van der Waals surface area contributed by atoms with Gasteiger partial charge in [-0.3, -0.25) is 4.79 Å². The smallest absolute Gasteiger partial charge is 0.261 e. The van der Waals surface area contributed by atoms with Crippen LogP contribution in [0.2, 0.25) is 15.1 Å². The summed E-state index contributed by atoms with van der Waals surface area (Å²) in [6.45, 7) is 6.94. The van der Waals surface area contributed by atoms with Crippen LogP contribution in [0.4, 0.5) is 0 Å². The lowest BCUT2D eigenvalue weighted by Gasteiger charge is -2.43. The third kappa shape index (κ3) is 4.39. The first-order valence-corrected chi connectivity index (χ1v) is 13.8. The first kappa shape index (κ1) is 24.5. The van der Waals surface area contributed by atoms with Gasteiger partial charge in [0, 0.05) is 16.8 Å². The van der Waals surface area contributed by atoms with E-state index in [4.69, 9.17) is 27.6 Å². The first-order chi connectivity index (χ1) is 16.3. The van der Waals surface area contributed by atoms with E-state index in [1.54, 1.807) is 16.7 Å². The standard InChI is InChI=1S/C28H27Cl2NO2Si/c1-28(2,3)34(22-12-6-4-7-13-22,23-14-8-5-9-15-23)33-20-24-25(29)16-17-26(27(24)30)31-18-10-11-21(31)19-32/h4-19H,20H2,1-3H3. The molecular weight excluding hydrogens is 481 g/mol. The average molecular weight is 509 g/mol. The molecule has 3 nitrogen and oxygen atoms in total. The van der Waals surface area contributed by atoms with Crippen molar-refractivity contribution in [2.24, 2.45) is 0 Å². The highest BCUT2D eigenvalue weighted by Crippen LogP contribution is 2.39. The molecule has 0 saturated heterocycles. The second-order valence-electron chi connectivity index (χ2n) is 9.23. The number of carbonyl (C=O) groups is 1.